The number of hydrogen-bond donors (Lipinski definition) is 2. The summed E-state index contributed by atoms with van der Waals surface area (Å²) < 4.78 is 28.4. The Morgan fingerprint density at radius 2 is 1.96 bits per heavy atom. The third kappa shape index (κ3) is 4.15. The van der Waals surface area contributed by atoms with Crippen molar-refractivity contribution in [1.82, 2.24) is 4.98 Å². The van der Waals surface area contributed by atoms with E-state index in [-0.39, 0.29) is 16.0 Å². The molecule has 1 saturated carbocycles. The lowest BCUT2D eigenvalue weighted by Crippen LogP contribution is -2.24. The zero-order valence-corrected chi connectivity index (χ0v) is 16.9. The number of nitrogens with zero attached hydrogens (tertiary/aromatic N) is 1. The van der Waals surface area contributed by atoms with Crippen LogP contribution in [0, 0.1) is 5.92 Å². The van der Waals surface area contributed by atoms with Crippen LogP contribution >= 0.6 is 22.7 Å². The van der Waals surface area contributed by atoms with Gasteiger partial charge in [-0.1, -0.05) is 36.7 Å². The Morgan fingerprint density at radius 1 is 1.15 bits per heavy atom. The largest absolute Gasteiger partial charge is 0.302 e. The minimum Gasteiger partial charge on any atom is -0.302 e. The minimum atomic E-state index is -3.59. The molecule has 2 N–H and O–H groups in total. The molecule has 0 unspecified atom stereocenters. The minimum absolute atomic E-state index is 0.0346. The van der Waals surface area contributed by atoms with E-state index < -0.39 is 10.0 Å². The molecule has 0 spiro atoms. The highest BCUT2D eigenvalue weighted by Crippen LogP contribution is 2.31. The van der Waals surface area contributed by atoms with Crippen molar-refractivity contribution in [2.45, 2.75) is 36.3 Å². The van der Waals surface area contributed by atoms with Gasteiger partial charge >= 0.3 is 0 Å². The van der Waals surface area contributed by atoms with Crippen molar-refractivity contribution >= 4 is 59.6 Å². The number of aromatic nitrogens is 1. The predicted octanol–water partition coefficient (Wildman–Crippen LogP) is 4.68. The molecule has 1 aromatic carbocycles. The quantitative estimate of drug-likeness (QED) is 0.626. The number of sulfonamides is 1. The molecular weight excluding hydrogens is 402 g/mol. The van der Waals surface area contributed by atoms with Gasteiger partial charge in [-0.25, -0.2) is 13.4 Å². The first kappa shape index (κ1) is 18.4. The molecule has 0 aliphatic heterocycles. The van der Waals surface area contributed by atoms with E-state index in [1.165, 1.54) is 29.1 Å². The Labute approximate surface area is 165 Å². The highest BCUT2D eigenvalue weighted by atomic mass is 32.2. The molecule has 1 fully saturated rings. The van der Waals surface area contributed by atoms with E-state index in [0.29, 0.717) is 16.3 Å². The van der Waals surface area contributed by atoms with Gasteiger partial charge in [-0.15, -0.1) is 11.3 Å². The lowest BCUT2D eigenvalue weighted by molar-refractivity contribution is -0.120. The van der Waals surface area contributed by atoms with E-state index in [0.717, 1.165) is 30.4 Å². The first-order valence-electron chi connectivity index (χ1n) is 8.79. The van der Waals surface area contributed by atoms with Crippen molar-refractivity contribution in [3.05, 3.63) is 35.7 Å². The Kier molecular flexibility index (Phi) is 5.16. The number of carbonyl (C=O) groups excluding carboxylic acids is 1. The summed E-state index contributed by atoms with van der Waals surface area (Å²) in [4.78, 5) is 16.9. The third-order valence-corrected chi connectivity index (χ3v) is 8.34. The van der Waals surface area contributed by atoms with Gasteiger partial charge < -0.3 is 5.32 Å². The maximum Gasteiger partial charge on any atom is 0.271 e. The van der Waals surface area contributed by atoms with Crippen LogP contribution in [-0.4, -0.2) is 19.3 Å². The van der Waals surface area contributed by atoms with Gasteiger partial charge in [0, 0.05) is 5.92 Å². The first-order chi connectivity index (χ1) is 13.0. The van der Waals surface area contributed by atoms with E-state index >= 15 is 0 Å². The number of amides is 1. The van der Waals surface area contributed by atoms with E-state index in [4.69, 9.17) is 0 Å². The number of hydrogen-bond acceptors (Lipinski definition) is 6. The summed E-state index contributed by atoms with van der Waals surface area (Å²) in [5.41, 5.74) is 1.11. The van der Waals surface area contributed by atoms with Crippen molar-refractivity contribution < 1.29 is 13.2 Å². The highest BCUT2D eigenvalue weighted by molar-refractivity contribution is 7.94. The molecule has 27 heavy (non-hydrogen) atoms. The van der Waals surface area contributed by atoms with Crippen LogP contribution in [0.15, 0.2) is 39.9 Å². The monoisotopic (exact) mass is 421 g/mol. The van der Waals surface area contributed by atoms with E-state index in [2.05, 4.69) is 15.0 Å². The smallest absolute Gasteiger partial charge is 0.271 e. The van der Waals surface area contributed by atoms with Crippen molar-refractivity contribution in [3.63, 3.8) is 0 Å². The zero-order valence-electron chi connectivity index (χ0n) is 14.5. The molecule has 0 saturated heterocycles. The number of benzene rings is 1. The fourth-order valence-corrected chi connectivity index (χ4v) is 6.13. The molecule has 0 bridgehead atoms. The van der Waals surface area contributed by atoms with Crippen LogP contribution in [0.3, 0.4) is 0 Å². The molecule has 142 valence electrons. The molecule has 2 aromatic heterocycles. The second-order valence-corrected chi connectivity index (χ2v) is 10.5. The summed E-state index contributed by atoms with van der Waals surface area (Å²) in [6.45, 7) is 0. The maximum atomic E-state index is 12.4. The number of rotatable bonds is 5. The van der Waals surface area contributed by atoms with E-state index in [1.807, 2.05) is 6.07 Å². The molecule has 3 aromatic rings. The first-order valence-corrected chi connectivity index (χ1v) is 12.0. The average Bonchev–Trinajstić information content (AvgIpc) is 3.31. The van der Waals surface area contributed by atoms with Crippen LogP contribution in [0.2, 0.25) is 0 Å². The molecule has 1 amide bonds. The van der Waals surface area contributed by atoms with Crippen LogP contribution in [-0.2, 0) is 14.8 Å². The molecule has 1 aliphatic rings. The lowest BCUT2D eigenvalue weighted by atomic mass is 9.89. The second-order valence-electron chi connectivity index (χ2n) is 6.56. The Balaban J connectivity index is 1.51. The highest BCUT2D eigenvalue weighted by Gasteiger charge is 2.22. The predicted molar refractivity (Wildman–Crippen MR) is 110 cm³/mol. The van der Waals surface area contributed by atoms with Crippen LogP contribution in [0.25, 0.3) is 10.2 Å². The average molecular weight is 422 g/mol. The summed E-state index contributed by atoms with van der Waals surface area (Å²) >= 11 is 2.56. The number of thiazole rings is 1. The van der Waals surface area contributed by atoms with Crippen molar-refractivity contribution in [3.8, 4) is 0 Å². The number of carbonyl (C=O) groups is 1. The van der Waals surface area contributed by atoms with E-state index in [1.54, 1.807) is 29.6 Å². The van der Waals surface area contributed by atoms with Gasteiger partial charge in [-0.2, -0.15) is 0 Å². The topological polar surface area (TPSA) is 88.2 Å². The van der Waals surface area contributed by atoms with Crippen LogP contribution in [0.4, 0.5) is 10.8 Å². The van der Waals surface area contributed by atoms with Crippen LogP contribution < -0.4 is 10.0 Å². The van der Waals surface area contributed by atoms with Gasteiger partial charge in [0.2, 0.25) is 5.91 Å². The van der Waals surface area contributed by atoms with Gasteiger partial charge in [0.15, 0.2) is 5.13 Å². The van der Waals surface area contributed by atoms with Crippen LogP contribution in [0.1, 0.15) is 32.1 Å². The summed E-state index contributed by atoms with van der Waals surface area (Å²) in [6, 6.07) is 8.47. The normalized spacial score (nSPS) is 15.7. The second kappa shape index (κ2) is 7.57. The van der Waals surface area contributed by atoms with Crippen molar-refractivity contribution in [2.24, 2.45) is 5.92 Å². The van der Waals surface area contributed by atoms with Gasteiger partial charge in [-0.05, 0) is 42.5 Å². The molecular formula is C18H19N3O3S3. The van der Waals surface area contributed by atoms with Gasteiger partial charge in [0.05, 0.1) is 15.9 Å². The molecule has 6 nitrogen and oxygen atoms in total. The summed E-state index contributed by atoms with van der Waals surface area (Å²) in [7, 11) is -3.59. The number of nitrogens with one attached hydrogen (secondary N) is 2. The summed E-state index contributed by atoms with van der Waals surface area (Å²) in [5.74, 6) is 0.103. The third-order valence-electron chi connectivity index (χ3n) is 4.61. The number of fused-ring (bicyclic) bond motifs is 1. The van der Waals surface area contributed by atoms with Gasteiger partial charge in [-0.3, -0.25) is 9.52 Å². The van der Waals surface area contributed by atoms with Crippen molar-refractivity contribution in [1.29, 1.82) is 0 Å². The number of thiophene rings is 1. The fourth-order valence-electron chi connectivity index (χ4n) is 3.24. The van der Waals surface area contributed by atoms with Gasteiger partial charge in [0.25, 0.3) is 10.0 Å². The molecule has 0 radical (unpaired) electrons. The maximum absolute atomic E-state index is 12.4. The zero-order chi connectivity index (χ0) is 18.9. The fraction of sp³-hybridized carbons (Fsp3) is 0.333. The standard InChI is InChI=1S/C18H19N3O3S3/c22-17(12-5-2-1-3-6-12)20-18-19-14-11-13(8-9-15(14)26-18)21-27(23,24)16-7-4-10-25-16/h4,7-12,21H,1-3,5-6H2,(H,19,20,22). The summed E-state index contributed by atoms with van der Waals surface area (Å²) in [5, 5.41) is 5.20. The van der Waals surface area contributed by atoms with Crippen molar-refractivity contribution in [2.75, 3.05) is 10.0 Å². The molecule has 9 heteroatoms. The molecule has 2 heterocycles. The molecule has 4 rings (SSSR count). The Morgan fingerprint density at radius 3 is 2.70 bits per heavy atom. The lowest BCUT2D eigenvalue weighted by Gasteiger charge is -2.19. The molecule has 0 atom stereocenters. The SMILES string of the molecule is O=C(Nc1nc2cc(NS(=O)(=O)c3cccs3)ccc2s1)C1CCCCC1. The van der Waals surface area contributed by atoms with Crippen LogP contribution in [0.5, 0.6) is 0 Å². The van der Waals surface area contributed by atoms with Gasteiger partial charge in [0.1, 0.15) is 4.21 Å². The molecule has 1 aliphatic carbocycles. The van der Waals surface area contributed by atoms with E-state index in [9.17, 15) is 13.2 Å². The summed E-state index contributed by atoms with van der Waals surface area (Å²) in [6.07, 6.45) is 5.28. The Bertz CT molecular complexity index is 1050. The number of anilines is 2. The Hall–Kier alpha value is -1.97.